The molecule has 1 N–H and O–H groups in total. The van der Waals surface area contributed by atoms with Crippen molar-refractivity contribution in [2.24, 2.45) is 0 Å². The summed E-state index contributed by atoms with van der Waals surface area (Å²) in [4.78, 5) is 0. The van der Waals surface area contributed by atoms with E-state index in [9.17, 15) is 5.11 Å². The molecule has 2 rings (SSSR count). The lowest BCUT2D eigenvalue weighted by Gasteiger charge is -2.20. The molecule has 1 aromatic rings. The molecule has 0 spiro atoms. The average molecular weight is 272 g/mol. The van der Waals surface area contributed by atoms with Crippen LogP contribution in [0.25, 0.3) is 5.57 Å². The lowest BCUT2D eigenvalue weighted by atomic mass is 9.84. The second kappa shape index (κ2) is 5.73. The van der Waals surface area contributed by atoms with Crippen molar-refractivity contribution >= 4 is 5.57 Å². The van der Waals surface area contributed by atoms with E-state index in [1.54, 1.807) is 0 Å². The van der Waals surface area contributed by atoms with Crippen LogP contribution in [0.15, 0.2) is 23.8 Å². The first kappa shape index (κ1) is 15.3. The standard InChI is InChI=1S/C19H28O/c1-6-8-14-15(9-7-2)18(20)16-11-10-13(12-17(14)16)19(3,4)5/h10-12,18,20H,6-9H2,1-5H3. The summed E-state index contributed by atoms with van der Waals surface area (Å²) < 4.78 is 0. The zero-order chi connectivity index (χ0) is 14.9. The van der Waals surface area contributed by atoms with Gasteiger partial charge in [0.1, 0.15) is 6.10 Å². The van der Waals surface area contributed by atoms with Gasteiger partial charge in [0.05, 0.1) is 0 Å². The molecular weight excluding hydrogens is 244 g/mol. The first-order valence-corrected chi connectivity index (χ1v) is 7.94. The number of rotatable bonds is 4. The number of benzene rings is 1. The Kier molecular flexibility index (Phi) is 4.39. The van der Waals surface area contributed by atoms with E-state index in [-0.39, 0.29) is 11.5 Å². The van der Waals surface area contributed by atoms with Crippen molar-refractivity contribution in [2.45, 2.75) is 71.8 Å². The minimum absolute atomic E-state index is 0.158. The van der Waals surface area contributed by atoms with Crippen molar-refractivity contribution in [1.82, 2.24) is 0 Å². The van der Waals surface area contributed by atoms with E-state index in [1.165, 1.54) is 22.3 Å². The van der Waals surface area contributed by atoms with Crippen LogP contribution >= 0.6 is 0 Å². The lowest BCUT2D eigenvalue weighted by Crippen LogP contribution is -2.11. The van der Waals surface area contributed by atoms with E-state index in [1.807, 2.05) is 0 Å². The van der Waals surface area contributed by atoms with Crippen LogP contribution in [-0.2, 0) is 5.41 Å². The van der Waals surface area contributed by atoms with Crippen LogP contribution in [0, 0.1) is 0 Å². The maximum Gasteiger partial charge on any atom is 0.101 e. The molecule has 20 heavy (non-hydrogen) atoms. The molecule has 1 aliphatic rings. The Bertz CT molecular complexity index is 517. The number of hydrogen-bond donors (Lipinski definition) is 1. The van der Waals surface area contributed by atoms with Gasteiger partial charge in [-0.3, -0.25) is 0 Å². The van der Waals surface area contributed by atoms with E-state index in [0.29, 0.717) is 0 Å². The second-order valence-corrected chi connectivity index (χ2v) is 6.96. The molecule has 1 heteroatoms. The summed E-state index contributed by atoms with van der Waals surface area (Å²) in [5.41, 5.74) is 6.60. The largest absolute Gasteiger partial charge is 0.384 e. The Hall–Kier alpha value is -1.08. The van der Waals surface area contributed by atoms with Crippen LogP contribution in [0.5, 0.6) is 0 Å². The van der Waals surface area contributed by atoms with Crippen LogP contribution in [0.2, 0.25) is 0 Å². The molecule has 1 atom stereocenters. The minimum atomic E-state index is -0.375. The monoisotopic (exact) mass is 272 g/mol. The highest BCUT2D eigenvalue weighted by Gasteiger charge is 2.29. The zero-order valence-electron chi connectivity index (χ0n) is 13.6. The highest BCUT2D eigenvalue weighted by molar-refractivity contribution is 5.78. The molecule has 0 amide bonds. The lowest BCUT2D eigenvalue weighted by molar-refractivity contribution is 0.215. The summed E-state index contributed by atoms with van der Waals surface area (Å²) in [6.45, 7) is 11.1. The summed E-state index contributed by atoms with van der Waals surface area (Å²) in [7, 11) is 0. The highest BCUT2D eigenvalue weighted by Crippen LogP contribution is 2.45. The average Bonchev–Trinajstić information content (AvgIpc) is 2.64. The quantitative estimate of drug-likeness (QED) is 0.779. The highest BCUT2D eigenvalue weighted by atomic mass is 16.3. The van der Waals surface area contributed by atoms with Gasteiger partial charge in [-0.2, -0.15) is 0 Å². The Labute approximate surface area is 123 Å². The Morgan fingerprint density at radius 3 is 2.25 bits per heavy atom. The molecule has 0 aliphatic heterocycles. The van der Waals surface area contributed by atoms with E-state index in [0.717, 1.165) is 31.2 Å². The fourth-order valence-electron chi connectivity index (χ4n) is 3.15. The molecule has 0 radical (unpaired) electrons. The Morgan fingerprint density at radius 2 is 1.70 bits per heavy atom. The van der Waals surface area contributed by atoms with Gasteiger partial charge in [0.15, 0.2) is 0 Å². The molecule has 0 heterocycles. The molecule has 0 saturated carbocycles. The van der Waals surface area contributed by atoms with Crippen molar-refractivity contribution in [3.05, 3.63) is 40.5 Å². The molecule has 110 valence electrons. The summed E-state index contributed by atoms with van der Waals surface area (Å²) in [6.07, 6.45) is 3.94. The van der Waals surface area contributed by atoms with Gasteiger partial charge in [-0.1, -0.05) is 65.7 Å². The van der Waals surface area contributed by atoms with E-state index in [4.69, 9.17) is 0 Å². The van der Waals surface area contributed by atoms with Gasteiger partial charge in [0.25, 0.3) is 0 Å². The summed E-state index contributed by atoms with van der Waals surface area (Å²) in [6, 6.07) is 6.63. The van der Waals surface area contributed by atoms with Gasteiger partial charge >= 0.3 is 0 Å². The van der Waals surface area contributed by atoms with E-state index < -0.39 is 0 Å². The normalized spacial score (nSPS) is 18.6. The van der Waals surface area contributed by atoms with Gasteiger partial charge in [-0.15, -0.1) is 0 Å². The van der Waals surface area contributed by atoms with Crippen molar-refractivity contribution in [1.29, 1.82) is 0 Å². The molecule has 0 saturated heterocycles. The summed E-state index contributed by atoms with van der Waals surface area (Å²) in [5, 5.41) is 10.6. The number of aliphatic hydroxyl groups excluding tert-OH is 1. The number of allylic oxidation sites excluding steroid dienone is 1. The Morgan fingerprint density at radius 1 is 1.05 bits per heavy atom. The van der Waals surface area contributed by atoms with Crippen molar-refractivity contribution in [3.8, 4) is 0 Å². The van der Waals surface area contributed by atoms with Crippen LogP contribution in [0.4, 0.5) is 0 Å². The molecule has 0 aromatic heterocycles. The maximum atomic E-state index is 10.6. The zero-order valence-corrected chi connectivity index (χ0v) is 13.6. The van der Waals surface area contributed by atoms with Crippen LogP contribution in [-0.4, -0.2) is 5.11 Å². The molecular formula is C19H28O. The van der Waals surface area contributed by atoms with Crippen LogP contribution < -0.4 is 0 Å². The third-order valence-electron chi connectivity index (χ3n) is 4.28. The van der Waals surface area contributed by atoms with Crippen molar-refractivity contribution < 1.29 is 5.11 Å². The van der Waals surface area contributed by atoms with Gasteiger partial charge in [0, 0.05) is 0 Å². The fraction of sp³-hybridized carbons (Fsp3) is 0.579. The van der Waals surface area contributed by atoms with Crippen LogP contribution in [0.3, 0.4) is 0 Å². The van der Waals surface area contributed by atoms with E-state index in [2.05, 4.69) is 52.8 Å². The fourth-order valence-corrected chi connectivity index (χ4v) is 3.15. The molecule has 0 fully saturated rings. The number of fused-ring (bicyclic) bond motifs is 1. The summed E-state index contributed by atoms with van der Waals surface area (Å²) in [5.74, 6) is 0. The first-order chi connectivity index (χ1) is 9.40. The third kappa shape index (κ3) is 2.69. The van der Waals surface area contributed by atoms with Crippen molar-refractivity contribution in [3.63, 3.8) is 0 Å². The summed E-state index contributed by atoms with van der Waals surface area (Å²) >= 11 is 0. The molecule has 1 aromatic carbocycles. The third-order valence-corrected chi connectivity index (χ3v) is 4.28. The maximum absolute atomic E-state index is 10.6. The van der Waals surface area contributed by atoms with Gasteiger partial charge in [-0.25, -0.2) is 0 Å². The van der Waals surface area contributed by atoms with E-state index >= 15 is 0 Å². The van der Waals surface area contributed by atoms with Gasteiger partial charge in [0.2, 0.25) is 0 Å². The molecule has 1 aliphatic carbocycles. The smallest absolute Gasteiger partial charge is 0.101 e. The number of hydrogen-bond acceptors (Lipinski definition) is 1. The first-order valence-electron chi connectivity index (χ1n) is 7.94. The minimum Gasteiger partial charge on any atom is -0.384 e. The number of aliphatic hydroxyl groups is 1. The van der Waals surface area contributed by atoms with Gasteiger partial charge in [-0.05, 0) is 46.1 Å². The molecule has 1 nitrogen and oxygen atoms in total. The Balaban J connectivity index is 2.53. The van der Waals surface area contributed by atoms with Crippen molar-refractivity contribution in [2.75, 3.05) is 0 Å². The van der Waals surface area contributed by atoms with Gasteiger partial charge < -0.3 is 5.11 Å². The predicted octanol–water partition coefficient (Wildman–Crippen LogP) is 5.38. The SMILES string of the molecule is CCCC1=C(CCC)C(O)c2ccc(C(C)(C)C)cc21. The topological polar surface area (TPSA) is 20.2 Å². The molecule has 1 unspecified atom stereocenters. The second-order valence-electron chi connectivity index (χ2n) is 6.96. The predicted molar refractivity (Wildman–Crippen MR) is 86.8 cm³/mol. The van der Waals surface area contributed by atoms with Crippen LogP contribution in [0.1, 0.15) is 83.1 Å². The molecule has 0 bridgehead atoms.